The van der Waals surface area contributed by atoms with Crippen molar-refractivity contribution in [2.75, 3.05) is 0 Å². The summed E-state index contributed by atoms with van der Waals surface area (Å²) in [6.07, 6.45) is 5.54. The molecule has 0 saturated heterocycles. The van der Waals surface area contributed by atoms with Gasteiger partial charge >= 0.3 is 0 Å². The van der Waals surface area contributed by atoms with E-state index >= 15 is 0 Å². The summed E-state index contributed by atoms with van der Waals surface area (Å²) in [6, 6.07) is 3.93. The first-order valence-electron chi connectivity index (χ1n) is 6.09. The number of halogens is 1. The topological polar surface area (TPSA) is 38.7 Å². The quantitative estimate of drug-likeness (QED) is 0.790. The second kappa shape index (κ2) is 5.91. The summed E-state index contributed by atoms with van der Waals surface area (Å²) in [4.78, 5) is 13.3. The highest BCUT2D eigenvalue weighted by atomic mass is 35.5. The minimum absolute atomic E-state index is 0.455. The van der Waals surface area contributed by atoms with E-state index in [1.807, 2.05) is 25.3 Å². The molecule has 2 heterocycles. The third kappa shape index (κ3) is 2.67. The van der Waals surface area contributed by atoms with E-state index in [0.717, 1.165) is 35.4 Å². The van der Waals surface area contributed by atoms with Crippen LogP contribution < -0.4 is 0 Å². The fraction of sp³-hybridized carbons (Fsp3) is 0.357. The van der Waals surface area contributed by atoms with E-state index < -0.39 is 0 Å². The Morgan fingerprint density at radius 3 is 2.78 bits per heavy atom. The van der Waals surface area contributed by atoms with Crippen LogP contribution in [0.5, 0.6) is 0 Å². The maximum Gasteiger partial charge on any atom is 0.178 e. The Kier molecular flexibility index (Phi) is 4.26. The lowest BCUT2D eigenvalue weighted by molar-refractivity contribution is 0.857. The number of hydrogen-bond acceptors (Lipinski definition) is 3. The van der Waals surface area contributed by atoms with Crippen molar-refractivity contribution in [2.24, 2.45) is 0 Å². The molecule has 4 heteroatoms. The molecule has 0 saturated carbocycles. The van der Waals surface area contributed by atoms with Gasteiger partial charge < -0.3 is 0 Å². The molecule has 0 aliphatic heterocycles. The van der Waals surface area contributed by atoms with Gasteiger partial charge in [-0.3, -0.25) is 4.98 Å². The van der Waals surface area contributed by atoms with Crippen LogP contribution in [0.15, 0.2) is 24.5 Å². The zero-order valence-corrected chi connectivity index (χ0v) is 11.4. The molecule has 0 spiro atoms. The lowest BCUT2D eigenvalue weighted by atomic mass is 10.1. The van der Waals surface area contributed by atoms with Crippen LogP contribution >= 0.6 is 11.6 Å². The summed E-state index contributed by atoms with van der Waals surface area (Å²) in [5.41, 5.74) is 3.97. The molecule has 0 bridgehead atoms. The molecule has 0 amide bonds. The van der Waals surface area contributed by atoms with Crippen molar-refractivity contribution in [2.45, 2.75) is 32.6 Å². The minimum Gasteiger partial charge on any atom is -0.253 e. The molecule has 0 unspecified atom stereocenters. The second-order valence-corrected chi connectivity index (χ2v) is 4.49. The van der Waals surface area contributed by atoms with Gasteiger partial charge in [0.05, 0.1) is 5.88 Å². The van der Waals surface area contributed by atoms with Crippen LogP contribution in [-0.4, -0.2) is 15.0 Å². The normalized spacial score (nSPS) is 10.6. The molecule has 2 aromatic heterocycles. The number of aryl methyl sites for hydroxylation is 2. The smallest absolute Gasteiger partial charge is 0.178 e. The monoisotopic (exact) mass is 261 g/mol. The summed E-state index contributed by atoms with van der Waals surface area (Å²) in [5, 5.41) is 0. The van der Waals surface area contributed by atoms with Crippen molar-refractivity contribution in [3.63, 3.8) is 0 Å². The van der Waals surface area contributed by atoms with Crippen molar-refractivity contribution >= 4 is 11.6 Å². The molecule has 2 aromatic rings. The molecule has 0 aliphatic rings. The fourth-order valence-corrected chi connectivity index (χ4v) is 2.06. The third-order valence-electron chi connectivity index (χ3n) is 2.81. The predicted molar refractivity (Wildman–Crippen MR) is 73.6 cm³/mol. The van der Waals surface area contributed by atoms with Gasteiger partial charge in [0.15, 0.2) is 5.82 Å². The molecule has 0 atom stereocenters. The number of hydrogen-bond donors (Lipinski definition) is 0. The number of aromatic nitrogens is 3. The lowest BCUT2D eigenvalue weighted by Crippen LogP contribution is -2.02. The first-order chi connectivity index (χ1) is 8.76. The van der Waals surface area contributed by atoms with Crippen LogP contribution in [0.1, 0.15) is 30.2 Å². The van der Waals surface area contributed by atoms with Crippen LogP contribution in [0.25, 0.3) is 11.5 Å². The van der Waals surface area contributed by atoms with Crippen molar-refractivity contribution in [1.82, 2.24) is 15.0 Å². The van der Waals surface area contributed by atoms with E-state index in [0.29, 0.717) is 11.7 Å². The van der Waals surface area contributed by atoms with E-state index in [-0.39, 0.29) is 0 Å². The summed E-state index contributed by atoms with van der Waals surface area (Å²) in [6.45, 7) is 4.15. The average molecular weight is 262 g/mol. The molecule has 0 aromatic carbocycles. The molecule has 18 heavy (non-hydrogen) atoms. The Morgan fingerprint density at radius 2 is 2.11 bits per heavy atom. The van der Waals surface area contributed by atoms with Gasteiger partial charge in [-0.25, -0.2) is 9.97 Å². The van der Waals surface area contributed by atoms with Crippen molar-refractivity contribution in [3.8, 4) is 11.5 Å². The van der Waals surface area contributed by atoms with Gasteiger partial charge in [0.2, 0.25) is 0 Å². The van der Waals surface area contributed by atoms with Crippen molar-refractivity contribution < 1.29 is 0 Å². The van der Waals surface area contributed by atoms with Crippen molar-refractivity contribution in [3.05, 3.63) is 41.3 Å². The number of nitrogens with zero attached hydrogens (tertiary/aromatic N) is 3. The Balaban J connectivity index is 2.47. The highest BCUT2D eigenvalue weighted by Crippen LogP contribution is 2.19. The summed E-state index contributed by atoms with van der Waals surface area (Å²) >= 11 is 5.90. The molecule has 0 N–H and O–H groups in total. The van der Waals surface area contributed by atoms with Crippen LogP contribution in [0.4, 0.5) is 0 Å². The summed E-state index contributed by atoms with van der Waals surface area (Å²) < 4.78 is 0. The molecule has 0 radical (unpaired) electrons. The maximum absolute atomic E-state index is 5.90. The third-order valence-corrected chi connectivity index (χ3v) is 3.09. The standard InChI is InChI=1S/C14H16ClN3/c1-3-5-12-11(8-15)9-17-14(18-12)13-10(2)6-4-7-16-13/h4,6-7,9H,3,5,8H2,1-2H3. The van der Waals surface area contributed by atoms with Crippen LogP contribution in [0, 0.1) is 6.92 Å². The van der Waals surface area contributed by atoms with Gasteiger partial charge in [-0.15, -0.1) is 11.6 Å². The van der Waals surface area contributed by atoms with E-state index in [4.69, 9.17) is 11.6 Å². The Bertz CT molecular complexity index is 540. The Hall–Kier alpha value is -1.48. The molecular weight excluding hydrogens is 246 g/mol. The van der Waals surface area contributed by atoms with E-state index in [9.17, 15) is 0 Å². The van der Waals surface area contributed by atoms with Gasteiger partial charge in [-0.2, -0.15) is 0 Å². The van der Waals surface area contributed by atoms with Crippen LogP contribution in [0.2, 0.25) is 0 Å². The zero-order chi connectivity index (χ0) is 13.0. The highest BCUT2D eigenvalue weighted by molar-refractivity contribution is 6.17. The van der Waals surface area contributed by atoms with Gasteiger partial charge in [0.25, 0.3) is 0 Å². The molecular formula is C14H16ClN3. The van der Waals surface area contributed by atoms with Crippen molar-refractivity contribution in [1.29, 1.82) is 0 Å². The van der Waals surface area contributed by atoms with Gasteiger partial charge in [-0.05, 0) is 25.0 Å². The van der Waals surface area contributed by atoms with Gasteiger partial charge in [0.1, 0.15) is 5.69 Å². The largest absolute Gasteiger partial charge is 0.253 e. The van der Waals surface area contributed by atoms with Gasteiger partial charge in [-0.1, -0.05) is 19.4 Å². The maximum atomic E-state index is 5.90. The SMILES string of the molecule is CCCc1nc(-c2ncccc2C)ncc1CCl. The molecule has 94 valence electrons. The highest BCUT2D eigenvalue weighted by Gasteiger charge is 2.10. The Labute approximate surface area is 112 Å². The van der Waals surface area contributed by atoms with Crippen LogP contribution in [-0.2, 0) is 12.3 Å². The average Bonchev–Trinajstić information content (AvgIpc) is 2.40. The molecule has 3 nitrogen and oxygen atoms in total. The molecule has 0 fully saturated rings. The van der Waals surface area contributed by atoms with Gasteiger partial charge in [0, 0.05) is 23.7 Å². The first kappa shape index (κ1) is 13.0. The van der Waals surface area contributed by atoms with E-state index in [1.54, 1.807) is 6.20 Å². The predicted octanol–water partition coefficient (Wildman–Crippen LogP) is 3.54. The second-order valence-electron chi connectivity index (χ2n) is 4.22. The Morgan fingerprint density at radius 1 is 1.28 bits per heavy atom. The summed E-state index contributed by atoms with van der Waals surface area (Å²) in [7, 11) is 0. The fourth-order valence-electron chi connectivity index (χ4n) is 1.84. The minimum atomic E-state index is 0.455. The van der Waals surface area contributed by atoms with E-state index in [1.165, 1.54) is 0 Å². The van der Waals surface area contributed by atoms with Crippen LogP contribution in [0.3, 0.4) is 0 Å². The number of pyridine rings is 1. The number of rotatable bonds is 4. The first-order valence-corrected chi connectivity index (χ1v) is 6.62. The molecule has 2 rings (SSSR count). The number of alkyl halides is 1. The molecule has 0 aliphatic carbocycles. The zero-order valence-electron chi connectivity index (χ0n) is 10.7. The lowest BCUT2D eigenvalue weighted by Gasteiger charge is -2.08. The summed E-state index contributed by atoms with van der Waals surface area (Å²) in [5.74, 6) is 1.14. The van der Waals surface area contributed by atoms with E-state index in [2.05, 4.69) is 21.9 Å².